The van der Waals surface area contributed by atoms with E-state index in [0.29, 0.717) is 0 Å². The molecule has 2 fully saturated rings. The van der Waals surface area contributed by atoms with Gasteiger partial charge in [0.1, 0.15) is 0 Å². The molecule has 3 nitrogen and oxygen atoms in total. The zero-order chi connectivity index (χ0) is 12.4. The number of rotatable bonds is 1. The molecule has 1 unspecified atom stereocenters. The maximum absolute atomic E-state index is 4.30. The Kier molecular flexibility index (Phi) is 3.50. The largest absolute Gasteiger partial charge is 0.368 e. The van der Waals surface area contributed by atoms with E-state index in [1.54, 1.807) is 0 Å². The quantitative estimate of drug-likeness (QED) is 0.757. The van der Waals surface area contributed by atoms with Crippen LogP contribution in [0.4, 0.5) is 5.69 Å². The Hall–Kier alpha value is -1.09. The van der Waals surface area contributed by atoms with Gasteiger partial charge in [0.25, 0.3) is 0 Å². The van der Waals surface area contributed by atoms with Gasteiger partial charge in [-0.2, -0.15) is 0 Å². The topological polar surface area (TPSA) is 19.4 Å². The van der Waals surface area contributed by atoms with Crippen molar-refractivity contribution in [3.63, 3.8) is 0 Å². The molecule has 3 heterocycles. The fourth-order valence-corrected chi connectivity index (χ4v) is 3.38. The first kappa shape index (κ1) is 12.0. The van der Waals surface area contributed by atoms with E-state index in [2.05, 4.69) is 27.8 Å². The molecule has 0 spiro atoms. The summed E-state index contributed by atoms with van der Waals surface area (Å²) in [4.78, 5) is 9.56. The SMILES string of the molecule is Cc1ccncc1N1CCCN2CCCCC2C1. The number of aryl methyl sites for hydroxylation is 1. The number of hydrogen-bond donors (Lipinski definition) is 0. The molecular formula is C15H23N3. The van der Waals surface area contributed by atoms with Crippen LogP contribution in [0, 0.1) is 6.92 Å². The third-order valence-electron chi connectivity index (χ3n) is 4.41. The van der Waals surface area contributed by atoms with Crippen molar-refractivity contribution in [3.8, 4) is 0 Å². The summed E-state index contributed by atoms with van der Waals surface area (Å²) in [6, 6.07) is 2.89. The predicted molar refractivity (Wildman–Crippen MR) is 75.0 cm³/mol. The fourth-order valence-electron chi connectivity index (χ4n) is 3.38. The maximum Gasteiger partial charge on any atom is 0.0582 e. The molecule has 2 aliphatic rings. The summed E-state index contributed by atoms with van der Waals surface area (Å²) < 4.78 is 0. The van der Waals surface area contributed by atoms with Gasteiger partial charge in [-0.25, -0.2) is 0 Å². The molecule has 0 radical (unpaired) electrons. The van der Waals surface area contributed by atoms with Gasteiger partial charge >= 0.3 is 0 Å². The lowest BCUT2D eigenvalue weighted by molar-refractivity contribution is 0.162. The third-order valence-corrected chi connectivity index (χ3v) is 4.41. The summed E-state index contributed by atoms with van der Waals surface area (Å²) in [5.41, 5.74) is 2.69. The maximum atomic E-state index is 4.30. The van der Waals surface area contributed by atoms with Gasteiger partial charge in [0, 0.05) is 31.9 Å². The van der Waals surface area contributed by atoms with Crippen LogP contribution in [0.1, 0.15) is 31.2 Å². The molecule has 0 N–H and O–H groups in total. The molecule has 1 aromatic rings. The molecule has 0 saturated carbocycles. The van der Waals surface area contributed by atoms with Crippen molar-refractivity contribution in [2.24, 2.45) is 0 Å². The van der Waals surface area contributed by atoms with Crippen LogP contribution >= 0.6 is 0 Å². The molecule has 1 atom stereocenters. The van der Waals surface area contributed by atoms with Crippen molar-refractivity contribution < 1.29 is 0 Å². The molecule has 98 valence electrons. The van der Waals surface area contributed by atoms with Crippen molar-refractivity contribution >= 4 is 5.69 Å². The van der Waals surface area contributed by atoms with Crippen LogP contribution in [0.3, 0.4) is 0 Å². The van der Waals surface area contributed by atoms with Gasteiger partial charge in [-0.15, -0.1) is 0 Å². The zero-order valence-corrected chi connectivity index (χ0v) is 11.3. The Morgan fingerprint density at radius 3 is 2.94 bits per heavy atom. The lowest BCUT2D eigenvalue weighted by Gasteiger charge is -2.36. The first-order chi connectivity index (χ1) is 8.84. The van der Waals surface area contributed by atoms with Gasteiger partial charge in [0.15, 0.2) is 0 Å². The molecule has 1 aromatic heterocycles. The minimum atomic E-state index is 0.765. The van der Waals surface area contributed by atoms with Gasteiger partial charge in [0.2, 0.25) is 0 Å². The second-order valence-corrected chi connectivity index (χ2v) is 5.65. The minimum absolute atomic E-state index is 0.765. The Morgan fingerprint density at radius 2 is 2.06 bits per heavy atom. The lowest BCUT2D eigenvalue weighted by Crippen LogP contribution is -2.44. The Balaban J connectivity index is 1.79. The first-order valence-corrected chi connectivity index (χ1v) is 7.24. The Morgan fingerprint density at radius 1 is 1.17 bits per heavy atom. The average molecular weight is 245 g/mol. The predicted octanol–water partition coefficient (Wildman–Crippen LogP) is 2.45. The highest BCUT2D eigenvalue weighted by Gasteiger charge is 2.27. The number of pyridine rings is 1. The molecule has 3 heteroatoms. The van der Waals surface area contributed by atoms with Crippen molar-refractivity contribution in [1.82, 2.24) is 9.88 Å². The Labute approximate surface area is 110 Å². The van der Waals surface area contributed by atoms with Crippen LogP contribution in [-0.2, 0) is 0 Å². The monoisotopic (exact) mass is 245 g/mol. The Bertz CT molecular complexity index is 404. The summed E-state index contributed by atoms with van der Waals surface area (Å²) in [7, 11) is 0. The van der Waals surface area contributed by atoms with E-state index in [-0.39, 0.29) is 0 Å². The number of hydrogen-bond acceptors (Lipinski definition) is 3. The number of fused-ring (bicyclic) bond motifs is 1. The highest BCUT2D eigenvalue weighted by atomic mass is 15.2. The van der Waals surface area contributed by atoms with Crippen molar-refractivity contribution in [2.75, 3.05) is 31.1 Å². The number of anilines is 1. The third kappa shape index (κ3) is 2.37. The average Bonchev–Trinajstić information content (AvgIpc) is 2.61. The van der Waals surface area contributed by atoms with E-state index in [0.717, 1.165) is 6.04 Å². The van der Waals surface area contributed by atoms with Gasteiger partial charge < -0.3 is 4.90 Å². The molecule has 0 aliphatic carbocycles. The van der Waals surface area contributed by atoms with E-state index < -0.39 is 0 Å². The standard InChI is InChI=1S/C15H23N3/c1-13-6-7-16-11-15(13)18-10-4-9-17-8-3-2-5-14(17)12-18/h6-7,11,14H,2-5,8-10,12H2,1H3. The van der Waals surface area contributed by atoms with Crippen LogP contribution in [0.15, 0.2) is 18.5 Å². The van der Waals surface area contributed by atoms with Gasteiger partial charge in [-0.1, -0.05) is 6.42 Å². The molecule has 2 saturated heterocycles. The second-order valence-electron chi connectivity index (χ2n) is 5.65. The highest BCUT2D eigenvalue weighted by Crippen LogP contribution is 2.25. The van der Waals surface area contributed by atoms with Crippen LogP contribution in [-0.4, -0.2) is 42.1 Å². The molecule has 0 bridgehead atoms. The molecule has 2 aliphatic heterocycles. The van der Waals surface area contributed by atoms with Crippen molar-refractivity contribution in [2.45, 2.75) is 38.6 Å². The molecule has 18 heavy (non-hydrogen) atoms. The van der Waals surface area contributed by atoms with E-state index in [4.69, 9.17) is 0 Å². The molecule has 3 rings (SSSR count). The number of nitrogens with zero attached hydrogens (tertiary/aromatic N) is 3. The minimum Gasteiger partial charge on any atom is -0.368 e. The number of piperidine rings is 1. The summed E-state index contributed by atoms with van der Waals surface area (Å²) >= 11 is 0. The van der Waals surface area contributed by atoms with Crippen LogP contribution in [0.2, 0.25) is 0 Å². The van der Waals surface area contributed by atoms with Crippen LogP contribution in [0.25, 0.3) is 0 Å². The van der Waals surface area contributed by atoms with E-state index in [1.165, 1.54) is 63.1 Å². The normalized spacial score (nSPS) is 25.6. The van der Waals surface area contributed by atoms with Gasteiger partial charge in [-0.3, -0.25) is 9.88 Å². The van der Waals surface area contributed by atoms with Crippen molar-refractivity contribution in [1.29, 1.82) is 0 Å². The summed E-state index contributed by atoms with van der Waals surface area (Å²) in [5.74, 6) is 0. The first-order valence-electron chi connectivity index (χ1n) is 7.24. The highest BCUT2D eigenvalue weighted by molar-refractivity contribution is 5.51. The smallest absolute Gasteiger partial charge is 0.0582 e. The van der Waals surface area contributed by atoms with Gasteiger partial charge in [-0.05, 0) is 44.4 Å². The van der Waals surface area contributed by atoms with Gasteiger partial charge in [0.05, 0.1) is 11.9 Å². The van der Waals surface area contributed by atoms with E-state index in [1.807, 2.05) is 12.4 Å². The van der Waals surface area contributed by atoms with Crippen molar-refractivity contribution in [3.05, 3.63) is 24.0 Å². The molecular weight excluding hydrogens is 222 g/mol. The fraction of sp³-hybridized carbons (Fsp3) is 0.667. The lowest BCUT2D eigenvalue weighted by atomic mass is 10.0. The van der Waals surface area contributed by atoms with Crippen LogP contribution in [0.5, 0.6) is 0 Å². The van der Waals surface area contributed by atoms with Crippen LogP contribution < -0.4 is 4.90 Å². The van der Waals surface area contributed by atoms with E-state index in [9.17, 15) is 0 Å². The zero-order valence-electron chi connectivity index (χ0n) is 11.3. The second kappa shape index (κ2) is 5.27. The summed E-state index contributed by atoms with van der Waals surface area (Å²) in [6.07, 6.45) is 9.38. The number of aromatic nitrogens is 1. The molecule has 0 aromatic carbocycles. The molecule has 0 amide bonds. The summed E-state index contributed by atoms with van der Waals surface area (Å²) in [6.45, 7) is 7.15. The summed E-state index contributed by atoms with van der Waals surface area (Å²) in [5, 5.41) is 0. The van der Waals surface area contributed by atoms with E-state index >= 15 is 0 Å².